The van der Waals surface area contributed by atoms with Crippen LogP contribution in [-0.2, 0) is 14.8 Å². The lowest BCUT2D eigenvalue weighted by Gasteiger charge is -2.20. The molecule has 1 N–H and O–H groups in total. The Balaban J connectivity index is 4.36. The second-order valence-corrected chi connectivity index (χ2v) is 5.14. The maximum Gasteiger partial charge on any atom is 0.240 e. The van der Waals surface area contributed by atoms with Crippen LogP contribution >= 0.6 is 0 Å². The maximum absolute atomic E-state index is 11.5. The smallest absolute Gasteiger partial charge is 0.240 e. The standard InChI is InChI=1S/C8H18N2O3S/c1-5-10(4)8(11)7(3)9-14(12,13)6-2/h7,9H,5-6H2,1-4H3. The van der Waals surface area contributed by atoms with Gasteiger partial charge in [-0.05, 0) is 20.8 Å². The lowest BCUT2D eigenvalue weighted by Crippen LogP contribution is -2.45. The van der Waals surface area contributed by atoms with E-state index in [2.05, 4.69) is 4.72 Å². The van der Waals surface area contributed by atoms with Crippen molar-refractivity contribution < 1.29 is 13.2 Å². The molecular weight excluding hydrogens is 204 g/mol. The molecule has 0 rings (SSSR count). The number of hydrogen-bond donors (Lipinski definition) is 1. The molecule has 0 aromatic heterocycles. The van der Waals surface area contributed by atoms with Gasteiger partial charge in [0.1, 0.15) is 0 Å². The minimum Gasteiger partial charge on any atom is -0.345 e. The SMILES string of the molecule is CCN(C)C(=O)C(C)NS(=O)(=O)CC. The fourth-order valence-corrected chi connectivity index (χ4v) is 1.70. The van der Waals surface area contributed by atoms with Crippen molar-refractivity contribution in [3.05, 3.63) is 0 Å². The number of carbonyl (C=O) groups excluding carboxylic acids is 1. The second-order valence-electron chi connectivity index (χ2n) is 3.10. The quantitative estimate of drug-likeness (QED) is 0.700. The average Bonchev–Trinajstić information content (AvgIpc) is 2.14. The highest BCUT2D eigenvalue weighted by molar-refractivity contribution is 7.89. The number of hydrogen-bond acceptors (Lipinski definition) is 3. The molecule has 0 aliphatic rings. The van der Waals surface area contributed by atoms with Crippen molar-refractivity contribution in [2.75, 3.05) is 19.3 Å². The van der Waals surface area contributed by atoms with Crippen LogP contribution < -0.4 is 4.72 Å². The molecule has 0 saturated heterocycles. The van der Waals surface area contributed by atoms with E-state index in [1.54, 1.807) is 14.0 Å². The summed E-state index contributed by atoms with van der Waals surface area (Å²) < 4.78 is 24.6. The molecule has 0 radical (unpaired) electrons. The molecule has 0 heterocycles. The summed E-state index contributed by atoms with van der Waals surface area (Å²) in [6.45, 7) is 5.47. The number of likely N-dealkylation sites (N-methyl/N-ethyl adjacent to an activating group) is 1. The first-order valence-electron chi connectivity index (χ1n) is 4.59. The summed E-state index contributed by atoms with van der Waals surface area (Å²) in [6.07, 6.45) is 0. The van der Waals surface area contributed by atoms with E-state index in [1.807, 2.05) is 6.92 Å². The third kappa shape index (κ3) is 4.06. The van der Waals surface area contributed by atoms with Crippen LogP contribution in [0.1, 0.15) is 20.8 Å². The molecule has 0 saturated carbocycles. The molecule has 0 fully saturated rings. The third-order valence-electron chi connectivity index (χ3n) is 1.96. The van der Waals surface area contributed by atoms with E-state index >= 15 is 0 Å². The molecule has 1 amide bonds. The summed E-state index contributed by atoms with van der Waals surface area (Å²) in [6, 6.07) is -0.690. The van der Waals surface area contributed by atoms with E-state index in [0.29, 0.717) is 6.54 Å². The lowest BCUT2D eigenvalue weighted by atomic mass is 10.3. The average molecular weight is 222 g/mol. The van der Waals surface area contributed by atoms with Gasteiger partial charge in [0.15, 0.2) is 0 Å². The first-order chi connectivity index (χ1) is 6.34. The summed E-state index contributed by atoms with van der Waals surface area (Å²) >= 11 is 0. The van der Waals surface area contributed by atoms with Crippen molar-refractivity contribution in [3.8, 4) is 0 Å². The van der Waals surface area contributed by atoms with Gasteiger partial charge in [0, 0.05) is 13.6 Å². The Morgan fingerprint density at radius 1 is 1.43 bits per heavy atom. The van der Waals surface area contributed by atoms with Crippen molar-refractivity contribution >= 4 is 15.9 Å². The van der Waals surface area contributed by atoms with E-state index in [9.17, 15) is 13.2 Å². The topological polar surface area (TPSA) is 66.5 Å². The fraction of sp³-hybridized carbons (Fsp3) is 0.875. The zero-order valence-electron chi connectivity index (χ0n) is 9.07. The minimum atomic E-state index is -3.30. The van der Waals surface area contributed by atoms with E-state index in [1.165, 1.54) is 11.8 Å². The number of nitrogens with one attached hydrogen (secondary N) is 1. The van der Waals surface area contributed by atoms with E-state index in [4.69, 9.17) is 0 Å². The van der Waals surface area contributed by atoms with Gasteiger partial charge in [-0.2, -0.15) is 0 Å². The predicted octanol–water partition coefficient (Wildman–Crippen LogP) is -0.207. The molecule has 0 aromatic rings. The number of amides is 1. The second kappa shape index (κ2) is 5.31. The van der Waals surface area contributed by atoms with Crippen LogP contribution in [0, 0.1) is 0 Å². The zero-order chi connectivity index (χ0) is 11.4. The van der Waals surface area contributed by atoms with Gasteiger partial charge in [-0.3, -0.25) is 4.79 Å². The van der Waals surface area contributed by atoms with Crippen LogP contribution in [0.15, 0.2) is 0 Å². The molecule has 0 bridgehead atoms. The maximum atomic E-state index is 11.5. The first kappa shape index (κ1) is 13.4. The van der Waals surface area contributed by atoms with Gasteiger partial charge in [0.2, 0.25) is 15.9 Å². The van der Waals surface area contributed by atoms with Crippen LogP contribution in [0.4, 0.5) is 0 Å². The summed E-state index contributed by atoms with van der Waals surface area (Å²) in [5, 5.41) is 0. The Kier molecular flexibility index (Phi) is 5.07. The van der Waals surface area contributed by atoms with Crippen molar-refractivity contribution in [3.63, 3.8) is 0 Å². The summed E-state index contributed by atoms with van der Waals surface area (Å²) in [5.74, 6) is -0.231. The Morgan fingerprint density at radius 2 is 1.93 bits per heavy atom. The molecule has 5 nitrogen and oxygen atoms in total. The molecule has 1 unspecified atom stereocenters. The number of nitrogens with zero attached hydrogens (tertiary/aromatic N) is 1. The van der Waals surface area contributed by atoms with E-state index in [-0.39, 0.29) is 11.7 Å². The third-order valence-corrected chi connectivity index (χ3v) is 3.43. The van der Waals surface area contributed by atoms with Crippen molar-refractivity contribution in [1.82, 2.24) is 9.62 Å². The fourth-order valence-electron chi connectivity index (χ4n) is 0.889. The van der Waals surface area contributed by atoms with Gasteiger partial charge in [0.25, 0.3) is 0 Å². The molecule has 14 heavy (non-hydrogen) atoms. The monoisotopic (exact) mass is 222 g/mol. The largest absolute Gasteiger partial charge is 0.345 e. The van der Waals surface area contributed by atoms with E-state index < -0.39 is 16.1 Å². The molecule has 0 aliphatic heterocycles. The van der Waals surface area contributed by atoms with Gasteiger partial charge in [0.05, 0.1) is 11.8 Å². The predicted molar refractivity (Wildman–Crippen MR) is 55.4 cm³/mol. The number of rotatable bonds is 5. The van der Waals surface area contributed by atoms with Gasteiger partial charge >= 0.3 is 0 Å². The van der Waals surface area contributed by atoms with Crippen LogP contribution in [0.2, 0.25) is 0 Å². The van der Waals surface area contributed by atoms with Crippen LogP contribution in [0.3, 0.4) is 0 Å². The Labute approximate surface area is 85.5 Å². The zero-order valence-corrected chi connectivity index (χ0v) is 9.89. The first-order valence-corrected chi connectivity index (χ1v) is 6.24. The minimum absolute atomic E-state index is 0.0134. The molecule has 0 aromatic carbocycles. The van der Waals surface area contributed by atoms with Crippen LogP contribution in [-0.4, -0.2) is 44.6 Å². The highest BCUT2D eigenvalue weighted by atomic mass is 32.2. The molecule has 0 spiro atoms. The van der Waals surface area contributed by atoms with Gasteiger partial charge < -0.3 is 4.90 Å². The van der Waals surface area contributed by atoms with Gasteiger partial charge in [-0.15, -0.1) is 0 Å². The molecule has 6 heteroatoms. The van der Waals surface area contributed by atoms with E-state index in [0.717, 1.165) is 0 Å². The Morgan fingerprint density at radius 3 is 2.29 bits per heavy atom. The lowest BCUT2D eigenvalue weighted by molar-refractivity contribution is -0.131. The van der Waals surface area contributed by atoms with Crippen molar-refractivity contribution in [1.29, 1.82) is 0 Å². The highest BCUT2D eigenvalue weighted by Crippen LogP contribution is 1.94. The molecule has 0 aliphatic carbocycles. The van der Waals surface area contributed by atoms with Gasteiger partial charge in [-0.1, -0.05) is 0 Å². The Hall–Kier alpha value is -0.620. The number of carbonyl (C=O) groups is 1. The van der Waals surface area contributed by atoms with Crippen molar-refractivity contribution in [2.24, 2.45) is 0 Å². The highest BCUT2D eigenvalue weighted by Gasteiger charge is 2.20. The molecule has 1 atom stereocenters. The summed E-state index contributed by atoms with van der Waals surface area (Å²) in [5.41, 5.74) is 0. The molecule has 84 valence electrons. The number of sulfonamides is 1. The molecular formula is C8H18N2O3S. The Bertz CT molecular complexity index is 287. The van der Waals surface area contributed by atoms with Crippen LogP contribution in [0.25, 0.3) is 0 Å². The normalized spacial score (nSPS) is 13.7. The van der Waals surface area contributed by atoms with Crippen molar-refractivity contribution in [2.45, 2.75) is 26.8 Å². The summed E-state index contributed by atoms with van der Waals surface area (Å²) in [7, 11) is -1.67. The van der Waals surface area contributed by atoms with Gasteiger partial charge in [-0.25, -0.2) is 13.1 Å². The van der Waals surface area contributed by atoms with Crippen LogP contribution in [0.5, 0.6) is 0 Å². The summed E-state index contributed by atoms with van der Waals surface area (Å²) in [4.78, 5) is 12.9.